The lowest BCUT2D eigenvalue weighted by atomic mass is 10.1. The molecule has 2 N–H and O–H groups in total. The Morgan fingerprint density at radius 3 is 2.79 bits per heavy atom. The SMILES string of the molecule is Nc1c(-c2ccc(Cl)cc2Br)nc2ccc(F)cn12. The second kappa shape index (κ2) is 4.51. The van der Waals surface area contributed by atoms with Gasteiger partial charge in [0.25, 0.3) is 0 Å². The van der Waals surface area contributed by atoms with Crippen molar-refractivity contribution in [2.75, 3.05) is 5.73 Å². The van der Waals surface area contributed by atoms with Crippen LogP contribution in [0.1, 0.15) is 0 Å². The zero-order chi connectivity index (χ0) is 13.6. The minimum atomic E-state index is -0.363. The summed E-state index contributed by atoms with van der Waals surface area (Å²) in [6.45, 7) is 0. The Balaban J connectivity index is 2.28. The minimum Gasteiger partial charge on any atom is -0.383 e. The Bertz CT molecular complexity index is 785. The molecule has 1 aromatic carbocycles. The van der Waals surface area contributed by atoms with Crippen molar-refractivity contribution in [1.82, 2.24) is 9.38 Å². The third-order valence-electron chi connectivity index (χ3n) is 2.81. The zero-order valence-electron chi connectivity index (χ0n) is 9.57. The van der Waals surface area contributed by atoms with Crippen molar-refractivity contribution >= 4 is 39.0 Å². The molecule has 0 spiro atoms. The molecule has 0 fully saturated rings. The molecule has 0 aliphatic rings. The number of pyridine rings is 1. The lowest BCUT2D eigenvalue weighted by molar-refractivity contribution is 0.619. The molecular weight excluding hydrogens is 333 g/mol. The summed E-state index contributed by atoms with van der Waals surface area (Å²) in [5.74, 6) is 0.0239. The molecule has 96 valence electrons. The fourth-order valence-corrected chi connectivity index (χ4v) is 2.79. The zero-order valence-corrected chi connectivity index (χ0v) is 11.9. The van der Waals surface area contributed by atoms with Crippen LogP contribution < -0.4 is 5.73 Å². The minimum absolute atomic E-state index is 0.363. The van der Waals surface area contributed by atoms with Gasteiger partial charge >= 0.3 is 0 Å². The molecule has 3 nitrogen and oxygen atoms in total. The molecule has 6 heteroatoms. The van der Waals surface area contributed by atoms with Crippen molar-refractivity contribution in [3.8, 4) is 11.3 Å². The van der Waals surface area contributed by atoms with Crippen LogP contribution in [0.15, 0.2) is 41.0 Å². The van der Waals surface area contributed by atoms with Crippen LogP contribution in [0.3, 0.4) is 0 Å². The number of anilines is 1. The average molecular weight is 341 g/mol. The Morgan fingerprint density at radius 2 is 2.05 bits per heavy atom. The second-order valence-corrected chi connectivity index (χ2v) is 5.34. The number of hydrogen-bond donors (Lipinski definition) is 1. The molecule has 0 bridgehead atoms. The molecule has 0 saturated heterocycles. The number of benzene rings is 1. The smallest absolute Gasteiger partial charge is 0.140 e. The largest absolute Gasteiger partial charge is 0.383 e. The third kappa shape index (κ3) is 2.09. The molecule has 2 aromatic heterocycles. The molecule has 19 heavy (non-hydrogen) atoms. The lowest BCUT2D eigenvalue weighted by Crippen LogP contribution is -1.95. The second-order valence-electron chi connectivity index (χ2n) is 4.05. The summed E-state index contributed by atoms with van der Waals surface area (Å²) >= 11 is 9.33. The van der Waals surface area contributed by atoms with Crippen molar-refractivity contribution in [2.45, 2.75) is 0 Å². The summed E-state index contributed by atoms with van der Waals surface area (Å²) in [6.07, 6.45) is 1.31. The number of nitrogens with zero attached hydrogens (tertiary/aromatic N) is 2. The van der Waals surface area contributed by atoms with E-state index in [1.165, 1.54) is 16.7 Å². The highest BCUT2D eigenvalue weighted by atomic mass is 79.9. The molecule has 2 heterocycles. The van der Waals surface area contributed by atoms with Gasteiger partial charge in [-0.1, -0.05) is 33.6 Å². The number of imidazole rings is 1. The first-order valence-corrected chi connectivity index (χ1v) is 6.62. The fourth-order valence-electron chi connectivity index (χ4n) is 1.92. The Labute approximate surface area is 122 Å². The molecule has 3 rings (SSSR count). The highest BCUT2D eigenvalue weighted by molar-refractivity contribution is 9.10. The van der Waals surface area contributed by atoms with Crippen LogP contribution in [-0.4, -0.2) is 9.38 Å². The monoisotopic (exact) mass is 339 g/mol. The molecule has 0 saturated carbocycles. The predicted molar refractivity (Wildman–Crippen MR) is 77.7 cm³/mol. The van der Waals surface area contributed by atoms with Gasteiger partial charge < -0.3 is 5.73 Å². The van der Waals surface area contributed by atoms with Gasteiger partial charge in [-0.15, -0.1) is 0 Å². The topological polar surface area (TPSA) is 43.3 Å². The Hall–Kier alpha value is -1.59. The van der Waals surface area contributed by atoms with Gasteiger partial charge in [0.05, 0.1) is 0 Å². The van der Waals surface area contributed by atoms with Crippen molar-refractivity contribution in [2.24, 2.45) is 0 Å². The van der Waals surface area contributed by atoms with Crippen LogP contribution in [0.5, 0.6) is 0 Å². The maximum atomic E-state index is 13.2. The van der Waals surface area contributed by atoms with Crippen LogP contribution in [0.2, 0.25) is 5.02 Å². The van der Waals surface area contributed by atoms with Gasteiger partial charge in [-0.25, -0.2) is 9.37 Å². The maximum absolute atomic E-state index is 13.2. The summed E-state index contributed by atoms with van der Waals surface area (Å²) in [5, 5.41) is 0.615. The molecule has 0 aliphatic heterocycles. The van der Waals surface area contributed by atoms with Gasteiger partial charge in [0.2, 0.25) is 0 Å². The summed E-state index contributed by atoms with van der Waals surface area (Å²) in [5.41, 5.74) is 8.02. The van der Waals surface area contributed by atoms with Crippen LogP contribution >= 0.6 is 27.5 Å². The summed E-state index contributed by atoms with van der Waals surface area (Å²) in [7, 11) is 0. The normalized spacial score (nSPS) is 11.1. The van der Waals surface area contributed by atoms with E-state index in [4.69, 9.17) is 17.3 Å². The van der Waals surface area contributed by atoms with E-state index >= 15 is 0 Å². The van der Waals surface area contributed by atoms with Crippen molar-refractivity contribution in [3.05, 3.63) is 51.8 Å². The Kier molecular flexibility index (Phi) is 2.95. The molecule has 0 radical (unpaired) electrons. The fraction of sp³-hybridized carbons (Fsp3) is 0. The maximum Gasteiger partial charge on any atom is 0.140 e. The van der Waals surface area contributed by atoms with Crippen LogP contribution in [0.4, 0.5) is 10.2 Å². The van der Waals surface area contributed by atoms with Crippen molar-refractivity contribution in [1.29, 1.82) is 0 Å². The molecule has 0 atom stereocenters. The van der Waals surface area contributed by atoms with Crippen molar-refractivity contribution in [3.63, 3.8) is 0 Å². The molecule has 0 aliphatic carbocycles. The third-order valence-corrected chi connectivity index (χ3v) is 3.70. The van der Waals surface area contributed by atoms with Gasteiger partial charge in [-0.3, -0.25) is 4.40 Å². The standard InChI is InChI=1S/C13H8BrClFN3/c14-10-5-7(15)1-3-9(10)12-13(17)19-6-8(16)2-4-11(19)18-12/h1-6H,17H2. The van der Waals surface area contributed by atoms with Gasteiger partial charge in [0.1, 0.15) is 23.0 Å². The van der Waals surface area contributed by atoms with E-state index in [1.807, 2.05) is 6.07 Å². The number of halogens is 3. The first-order valence-electron chi connectivity index (χ1n) is 5.45. The summed E-state index contributed by atoms with van der Waals surface area (Å²) in [4.78, 5) is 4.41. The van der Waals surface area contributed by atoms with Gasteiger partial charge in [-0.05, 0) is 24.3 Å². The summed E-state index contributed by atoms with van der Waals surface area (Å²) in [6, 6.07) is 8.27. The average Bonchev–Trinajstić information content (AvgIpc) is 2.67. The number of nitrogen functional groups attached to an aromatic ring is 1. The molecule has 0 amide bonds. The number of fused-ring (bicyclic) bond motifs is 1. The van der Waals surface area contributed by atoms with E-state index in [9.17, 15) is 4.39 Å². The van der Waals surface area contributed by atoms with Crippen LogP contribution in [-0.2, 0) is 0 Å². The molecule has 3 aromatic rings. The molecule has 0 unspecified atom stereocenters. The van der Waals surface area contributed by atoms with E-state index in [2.05, 4.69) is 20.9 Å². The summed E-state index contributed by atoms with van der Waals surface area (Å²) < 4.78 is 15.5. The number of hydrogen-bond acceptors (Lipinski definition) is 2. The highest BCUT2D eigenvalue weighted by Gasteiger charge is 2.14. The first-order chi connectivity index (χ1) is 9.06. The lowest BCUT2D eigenvalue weighted by Gasteiger charge is -2.03. The van der Waals surface area contributed by atoms with Gasteiger partial charge in [0.15, 0.2) is 0 Å². The quantitative estimate of drug-likeness (QED) is 0.723. The van der Waals surface area contributed by atoms with E-state index in [0.29, 0.717) is 22.2 Å². The first kappa shape index (κ1) is 12.4. The number of rotatable bonds is 1. The van der Waals surface area contributed by atoms with Gasteiger partial charge in [0, 0.05) is 21.3 Å². The van der Waals surface area contributed by atoms with Gasteiger partial charge in [-0.2, -0.15) is 0 Å². The highest BCUT2D eigenvalue weighted by Crippen LogP contribution is 2.33. The number of aromatic nitrogens is 2. The van der Waals surface area contributed by atoms with Crippen LogP contribution in [0, 0.1) is 5.82 Å². The number of nitrogens with two attached hydrogens (primary N) is 1. The Morgan fingerprint density at radius 1 is 1.26 bits per heavy atom. The van der Waals surface area contributed by atoms with E-state index in [0.717, 1.165) is 10.0 Å². The van der Waals surface area contributed by atoms with E-state index in [-0.39, 0.29) is 5.82 Å². The van der Waals surface area contributed by atoms with Crippen molar-refractivity contribution < 1.29 is 4.39 Å². The van der Waals surface area contributed by atoms with Crippen LogP contribution in [0.25, 0.3) is 16.9 Å². The van der Waals surface area contributed by atoms with E-state index < -0.39 is 0 Å². The predicted octanol–water partition coefficient (Wildman–Crippen LogP) is 4.14. The molecular formula is C13H8BrClFN3. The van der Waals surface area contributed by atoms with E-state index in [1.54, 1.807) is 18.2 Å².